The number of rotatable bonds is 6. The molecule has 1 aromatic heterocycles. The van der Waals surface area contributed by atoms with Gasteiger partial charge in [-0.3, -0.25) is 0 Å². The van der Waals surface area contributed by atoms with Crippen molar-refractivity contribution >= 4 is 11.3 Å². The summed E-state index contributed by atoms with van der Waals surface area (Å²) in [5.41, 5.74) is 0. The number of hydrogen-bond donors (Lipinski definition) is 1. The minimum atomic E-state index is 0.358. The Hall–Kier alpha value is -0.450. The maximum absolute atomic E-state index is 4.96. The van der Waals surface area contributed by atoms with Gasteiger partial charge in [-0.2, -0.15) is 0 Å². The van der Waals surface area contributed by atoms with Gasteiger partial charge in [-0.25, -0.2) is 4.98 Å². The van der Waals surface area contributed by atoms with E-state index >= 15 is 0 Å². The van der Waals surface area contributed by atoms with Crippen molar-refractivity contribution in [2.75, 3.05) is 20.3 Å². The van der Waals surface area contributed by atoms with E-state index in [-0.39, 0.29) is 0 Å². The van der Waals surface area contributed by atoms with E-state index in [4.69, 9.17) is 4.74 Å². The fourth-order valence-electron chi connectivity index (χ4n) is 1.07. The van der Waals surface area contributed by atoms with E-state index in [1.165, 1.54) is 0 Å². The van der Waals surface area contributed by atoms with Crippen molar-refractivity contribution in [1.82, 2.24) is 10.3 Å². The molecule has 0 bridgehead atoms. The molecule has 13 heavy (non-hydrogen) atoms. The van der Waals surface area contributed by atoms with E-state index in [0.717, 1.165) is 24.6 Å². The van der Waals surface area contributed by atoms with Crippen molar-refractivity contribution in [3.63, 3.8) is 0 Å². The zero-order valence-corrected chi connectivity index (χ0v) is 8.93. The number of methoxy groups -OCH3 is 1. The first-order chi connectivity index (χ1) is 6.34. The van der Waals surface area contributed by atoms with Gasteiger partial charge in [0.25, 0.3) is 0 Å². The smallest absolute Gasteiger partial charge is 0.109 e. The molecule has 4 heteroatoms. The molecular formula is C9H16N2OS. The van der Waals surface area contributed by atoms with Gasteiger partial charge in [-0.15, -0.1) is 11.3 Å². The Bertz CT molecular complexity index is 213. The molecule has 0 saturated carbocycles. The SMILES string of the molecule is COCCCN[C@@H](C)c1nccs1. The zero-order chi connectivity index (χ0) is 9.52. The van der Waals surface area contributed by atoms with E-state index in [9.17, 15) is 0 Å². The summed E-state index contributed by atoms with van der Waals surface area (Å²) >= 11 is 1.69. The third kappa shape index (κ3) is 3.85. The summed E-state index contributed by atoms with van der Waals surface area (Å²) < 4.78 is 4.96. The molecule has 0 aliphatic heterocycles. The van der Waals surface area contributed by atoms with Crippen LogP contribution in [0.1, 0.15) is 24.4 Å². The molecule has 0 saturated heterocycles. The average Bonchev–Trinajstić information content (AvgIpc) is 2.65. The van der Waals surface area contributed by atoms with Crippen molar-refractivity contribution < 1.29 is 4.74 Å². The highest BCUT2D eigenvalue weighted by Gasteiger charge is 2.05. The molecule has 0 fully saturated rings. The lowest BCUT2D eigenvalue weighted by atomic mass is 10.3. The second-order valence-corrected chi connectivity index (χ2v) is 3.82. The summed E-state index contributed by atoms with van der Waals surface area (Å²) in [6.07, 6.45) is 2.89. The quantitative estimate of drug-likeness (QED) is 0.711. The van der Waals surface area contributed by atoms with Gasteiger partial charge in [0.15, 0.2) is 0 Å². The Labute approximate surface area is 83.1 Å². The number of aromatic nitrogens is 1. The zero-order valence-electron chi connectivity index (χ0n) is 8.12. The van der Waals surface area contributed by atoms with Gasteiger partial charge < -0.3 is 10.1 Å². The molecule has 3 nitrogen and oxygen atoms in total. The van der Waals surface area contributed by atoms with E-state index in [2.05, 4.69) is 17.2 Å². The van der Waals surface area contributed by atoms with Crippen LogP contribution in [0.25, 0.3) is 0 Å². The molecule has 1 heterocycles. The van der Waals surface area contributed by atoms with Crippen LogP contribution in [0.15, 0.2) is 11.6 Å². The molecule has 0 radical (unpaired) electrons. The second-order valence-electron chi connectivity index (χ2n) is 2.89. The van der Waals surface area contributed by atoms with Gasteiger partial charge in [0.2, 0.25) is 0 Å². The minimum absolute atomic E-state index is 0.358. The van der Waals surface area contributed by atoms with Crippen molar-refractivity contribution in [3.8, 4) is 0 Å². The molecular weight excluding hydrogens is 184 g/mol. The summed E-state index contributed by atoms with van der Waals surface area (Å²) in [7, 11) is 1.73. The molecule has 1 rings (SSSR count). The molecule has 74 valence electrons. The molecule has 1 aromatic rings. The van der Waals surface area contributed by atoms with Crippen LogP contribution in [0.3, 0.4) is 0 Å². The van der Waals surface area contributed by atoms with Crippen molar-refractivity contribution in [2.45, 2.75) is 19.4 Å². The summed E-state index contributed by atoms with van der Waals surface area (Å²) in [6, 6.07) is 0.358. The average molecular weight is 200 g/mol. The molecule has 0 aromatic carbocycles. The first kappa shape index (κ1) is 10.6. The van der Waals surface area contributed by atoms with E-state index in [0.29, 0.717) is 6.04 Å². The lowest BCUT2D eigenvalue weighted by molar-refractivity contribution is 0.193. The summed E-state index contributed by atoms with van der Waals surface area (Å²) in [4.78, 5) is 4.24. The normalized spacial score (nSPS) is 13.1. The Morgan fingerprint density at radius 3 is 3.15 bits per heavy atom. The van der Waals surface area contributed by atoms with Crippen LogP contribution in [0, 0.1) is 0 Å². The Balaban J connectivity index is 2.15. The number of hydrogen-bond acceptors (Lipinski definition) is 4. The molecule has 0 unspecified atom stereocenters. The lowest BCUT2D eigenvalue weighted by Crippen LogP contribution is -2.20. The highest BCUT2D eigenvalue weighted by atomic mass is 32.1. The summed E-state index contributed by atoms with van der Waals surface area (Å²) in [5, 5.41) is 6.54. The van der Waals surface area contributed by atoms with Crippen molar-refractivity contribution in [2.24, 2.45) is 0 Å². The van der Waals surface area contributed by atoms with Crippen molar-refractivity contribution in [3.05, 3.63) is 16.6 Å². The number of nitrogens with zero attached hydrogens (tertiary/aromatic N) is 1. The highest BCUT2D eigenvalue weighted by Crippen LogP contribution is 2.13. The fourth-order valence-corrected chi connectivity index (χ4v) is 1.74. The van der Waals surface area contributed by atoms with Crippen LogP contribution in [0.2, 0.25) is 0 Å². The van der Waals surface area contributed by atoms with Gasteiger partial charge in [0.05, 0.1) is 6.04 Å². The maximum atomic E-state index is 4.96. The monoisotopic (exact) mass is 200 g/mol. The van der Waals surface area contributed by atoms with Crippen LogP contribution >= 0.6 is 11.3 Å². The first-order valence-electron chi connectivity index (χ1n) is 4.46. The Morgan fingerprint density at radius 1 is 1.69 bits per heavy atom. The minimum Gasteiger partial charge on any atom is -0.385 e. The van der Waals surface area contributed by atoms with Gasteiger partial charge in [0, 0.05) is 25.3 Å². The molecule has 0 aliphatic carbocycles. The van der Waals surface area contributed by atoms with Crippen LogP contribution < -0.4 is 5.32 Å². The largest absolute Gasteiger partial charge is 0.385 e. The van der Waals surface area contributed by atoms with Crippen LogP contribution in [-0.2, 0) is 4.74 Å². The van der Waals surface area contributed by atoms with E-state index in [1.807, 2.05) is 11.6 Å². The van der Waals surface area contributed by atoms with Gasteiger partial charge in [-0.1, -0.05) is 0 Å². The van der Waals surface area contributed by atoms with Crippen LogP contribution in [0.5, 0.6) is 0 Å². The number of ether oxygens (including phenoxy) is 1. The topological polar surface area (TPSA) is 34.1 Å². The first-order valence-corrected chi connectivity index (χ1v) is 5.34. The van der Waals surface area contributed by atoms with E-state index in [1.54, 1.807) is 18.4 Å². The predicted octanol–water partition coefficient (Wildman–Crippen LogP) is 1.83. The van der Waals surface area contributed by atoms with Gasteiger partial charge >= 0.3 is 0 Å². The standard InChI is InChI=1S/C9H16N2OS/c1-8(9-11-5-7-13-9)10-4-3-6-12-2/h5,7-8,10H,3-4,6H2,1-2H3/t8-/m0/s1. The Morgan fingerprint density at radius 2 is 2.54 bits per heavy atom. The van der Waals surface area contributed by atoms with Gasteiger partial charge in [-0.05, 0) is 19.9 Å². The molecule has 0 amide bonds. The molecule has 1 atom stereocenters. The Kier molecular flexibility index (Phi) is 4.97. The summed E-state index contributed by atoms with van der Waals surface area (Å²) in [5.74, 6) is 0. The number of thiazole rings is 1. The predicted molar refractivity (Wildman–Crippen MR) is 55.0 cm³/mol. The third-order valence-corrected chi connectivity index (χ3v) is 2.76. The highest BCUT2D eigenvalue weighted by molar-refractivity contribution is 7.09. The maximum Gasteiger partial charge on any atom is 0.109 e. The van der Waals surface area contributed by atoms with E-state index < -0.39 is 0 Å². The van der Waals surface area contributed by atoms with Crippen molar-refractivity contribution in [1.29, 1.82) is 0 Å². The van der Waals surface area contributed by atoms with Crippen LogP contribution in [-0.4, -0.2) is 25.2 Å². The molecule has 0 aliphatic rings. The third-order valence-electron chi connectivity index (χ3n) is 1.80. The second kappa shape index (κ2) is 6.07. The molecule has 0 spiro atoms. The van der Waals surface area contributed by atoms with Crippen LogP contribution in [0.4, 0.5) is 0 Å². The van der Waals surface area contributed by atoms with Gasteiger partial charge in [0.1, 0.15) is 5.01 Å². The fraction of sp³-hybridized carbons (Fsp3) is 0.667. The lowest BCUT2D eigenvalue weighted by Gasteiger charge is -2.10. The molecule has 1 N–H and O–H groups in total. The number of nitrogens with one attached hydrogen (secondary N) is 1. The summed E-state index contributed by atoms with van der Waals surface area (Å²) in [6.45, 7) is 3.93.